The molecule has 0 N–H and O–H groups in total. The molecule has 0 saturated carbocycles. The molecular formula is C15H18FN3O5S. The lowest BCUT2D eigenvalue weighted by Crippen LogP contribution is -2.31. The molecule has 25 heavy (non-hydrogen) atoms. The van der Waals surface area contributed by atoms with Crippen LogP contribution in [0.25, 0.3) is 0 Å². The van der Waals surface area contributed by atoms with Gasteiger partial charge >= 0.3 is 5.97 Å². The topological polar surface area (TPSA) is 103 Å². The lowest BCUT2D eigenvalue weighted by Gasteiger charge is -2.19. The van der Waals surface area contributed by atoms with E-state index in [0.717, 1.165) is 22.5 Å². The van der Waals surface area contributed by atoms with Crippen molar-refractivity contribution in [1.29, 1.82) is 0 Å². The van der Waals surface area contributed by atoms with Crippen molar-refractivity contribution < 1.29 is 26.8 Å². The monoisotopic (exact) mass is 371 g/mol. The van der Waals surface area contributed by atoms with Crippen molar-refractivity contribution >= 4 is 16.0 Å². The van der Waals surface area contributed by atoms with Crippen LogP contribution < -0.4 is 0 Å². The molecule has 0 atom stereocenters. The van der Waals surface area contributed by atoms with E-state index in [1.807, 2.05) is 0 Å². The highest BCUT2D eigenvalue weighted by Crippen LogP contribution is 2.21. The molecule has 136 valence electrons. The Morgan fingerprint density at radius 1 is 1.28 bits per heavy atom. The SMILES string of the molecule is CCN(CC)S(=O)(=O)c1cc(C(=O)OCc2nnc(C)o2)ccc1F. The molecule has 0 bridgehead atoms. The van der Waals surface area contributed by atoms with Crippen LogP contribution in [0.5, 0.6) is 0 Å². The van der Waals surface area contributed by atoms with E-state index in [1.165, 1.54) is 0 Å². The molecule has 10 heteroatoms. The number of nitrogens with zero attached hydrogens (tertiary/aromatic N) is 3. The standard InChI is InChI=1S/C15H18FN3O5S/c1-4-19(5-2)25(21,22)13-8-11(6-7-12(13)16)15(20)23-9-14-18-17-10(3)24-14/h6-8H,4-5,9H2,1-3H3. The van der Waals surface area contributed by atoms with E-state index in [0.29, 0.717) is 5.89 Å². The van der Waals surface area contributed by atoms with Crippen LogP contribution in [0, 0.1) is 12.7 Å². The van der Waals surface area contributed by atoms with Crippen LogP contribution in [-0.2, 0) is 21.4 Å². The summed E-state index contributed by atoms with van der Waals surface area (Å²) in [6.07, 6.45) is 0. The zero-order chi connectivity index (χ0) is 18.6. The Bertz CT molecular complexity index is 862. The van der Waals surface area contributed by atoms with Crippen molar-refractivity contribution in [2.24, 2.45) is 0 Å². The van der Waals surface area contributed by atoms with Crippen molar-refractivity contribution in [3.05, 3.63) is 41.4 Å². The number of carbonyl (C=O) groups excluding carboxylic acids is 1. The highest BCUT2D eigenvalue weighted by atomic mass is 32.2. The molecule has 0 radical (unpaired) electrons. The third kappa shape index (κ3) is 4.20. The van der Waals surface area contributed by atoms with Gasteiger partial charge in [-0.25, -0.2) is 17.6 Å². The predicted molar refractivity (Wildman–Crippen MR) is 84.7 cm³/mol. The fraction of sp³-hybridized carbons (Fsp3) is 0.400. The molecule has 0 aliphatic carbocycles. The highest BCUT2D eigenvalue weighted by molar-refractivity contribution is 7.89. The second kappa shape index (κ2) is 7.70. The van der Waals surface area contributed by atoms with Crippen LogP contribution in [0.4, 0.5) is 4.39 Å². The average Bonchev–Trinajstić information content (AvgIpc) is 2.99. The lowest BCUT2D eigenvalue weighted by atomic mass is 10.2. The maximum absolute atomic E-state index is 14.0. The zero-order valence-corrected chi connectivity index (χ0v) is 14.8. The summed E-state index contributed by atoms with van der Waals surface area (Å²) < 4.78 is 50.1. The summed E-state index contributed by atoms with van der Waals surface area (Å²) >= 11 is 0. The molecule has 0 saturated heterocycles. The Morgan fingerprint density at radius 3 is 2.52 bits per heavy atom. The van der Waals surface area contributed by atoms with Gasteiger partial charge in [-0.05, 0) is 18.2 Å². The van der Waals surface area contributed by atoms with Crippen molar-refractivity contribution in [2.45, 2.75) is 32.3 Å². The molecule has 0 aliphatic rings. The van der Waals surface area contributed by atoms with Gasteiger partial charge in [-0.2, -0.15) is 4.31 Å². The van der Waals surface area contributed by atoms with Gasteiger partial charge in [-0.15, -0.1) is 10.2 Å². The molecule has 1 heterocycles. The van der Waals surface area contributed by atoms with Gasteiger partial charge in [-0.1, -0.05) is 13.8 Å². The Balaban J connectivity index is 2.24. The maximum Gasteiger partial charge on any atom is 0.338 e. The average molecular weight is 371 g/mol. The molecule has 2 rings (SSSR count). The summed E-state index contributed by atoms with van der Waals surface area (Å²) in [6, 6.07) is 3.03. The van der Waals surface area contributed by atoms with Gasteiger partial charge in [-0.3, -0.25) is 0 Å². The minimum Gasteiger partial charge on any atom is -0.452 e. The van der Waals surface area contributed by atoms with Crippen LogP contribution in [0.3, 0.4) is 0 Å². The van der Waals surface area contributed by atoms with Crippen LogP contribution in [0.2, 0.25) is 0 Å². The smallest absolute Gasteiger partial charge is 0.338 e. The first kappa shape index (κ1) is 19.0. The molecule has 1 aromatic heterocycles. The van der Waals surface area contributed by atoms with E-state index in [4.69, 9.17) is 9.15 Å². The molecule has 0 spiro atoms. The second-order valence-corrected chi connectivity index (χ2v) is 6.93. The van der Waals surface area contributed by atoms with E-state index in [-0.39, 0.29) is 31.2 Å². The maximum atomic E-state index is 14.0. The van der Waals surface area contributed by atoms with Gasteiger partial charge in [0, 0.05) is 20.0 Å². The fourth-order valence-corrected chi connectivity index (χ4v) is 3.69. The first-order valence-electron chi connectivity index (χ1n) is 7.55. The number of benzene rings is 1. The number of esters is 1. The lowest BCUT2D eigenvalue weighted by molar-refractivity contribution is 0.0436. The molecule has 0 amide bonds. The number of carbonyl (C=O) groups is 1. The Morgan fingerprint density at radius 2 is 1.96 bits per heavy atom. The van der Waals surface area contributed by atoms with Crippen LogP contribution in [0.15, 0.2) is 27.5 Å². The van der Waals surface area contributed by atoms with Crippen LogP contribution in [0.1, 0.15) is 36.0 Å². The number of hydrogen-bond acceptors (Lipinski definition) is 7. The van der Waals surface area contributed by atoms with E-state index in [1.54, 1.807) is 20.8 Å². The van der Waals surface area contributed by atoms with Gasteiger partial charge < -0.3 is 9.15 Å². The summed E-state index contributed by atoms with van der Waals surface area (Å²) in [4.78, 5) is 11.5. The molecule has 0 unspecified atom stereocenters. The van der Waals surface area contributed by atoms with E-state index < -0.39 is 26.7 Å². The second-order valence-electron chi connectivity index (χ2n) is 5.03. The van der Waals surface area contributed by atoms with Crippen molar-refractivity contribution in [3.8, 4) is 0 Å². The van der Waals surface area contributed by atoms with Crippen LogP contribution in [-0.4, -0.2) is 42.0 Å². The van der Waals surface area contributed by atoms with Gasteiger partial charge in [0.2, 0.25) is 15.9 Å². The summed E-state index contributed by atoms with van der Waals surface area (Å²) in [7, 11) is -4.04. The highest BCUT2D eigenvalue weighted by Gasteiger charge is 2.26. The molecule has 8 nitrogen and oxygen atoms in total. The van der Waals surface area contributed by atoms with Gasteiger partial charge in [0.1, 0.15) is 10.7 Å². The third-order valence-electron chi connectivity index (χ3n) is 3.38. The van der Waals surface area contributed by atoms with Crippen molar-refractivity contribution in [3.63, 3.8) is 0 Å². The number of rotatable bonds is 7. The van der Waals surface area contributed by atoms with E-state index >= 15 is 0 Å². The number of halogens is 1. The zero-order valence-electron chi connectivity index (χ0n) is 14.0. The Labute approximate surface area is 144 Å². The minimum atomic E-state index is -4.04. The Kier molecular flexibility index (Phi) is 5.85. The molecular weight excluding hydrogens is 353 g/mol. The summed E-state index contributed by atoms with van der Waals surface area (Å²) in [6.45, 7) is 4.97. The number of sulfonamides is 1. The number of aromatic nitrogens is 2. The molecule has 2 aromatic rings. The van der Waals surface area contributed by atoms with E-state index in [9.17, 15) is 17.6 Å². The van der Waals surface area contributed by atoms with Crippen molar-refractivity contribution in [1.82, 2.24) is 14.5 Å². The van der Waals surface area contributed by atoms with E-state index in [2.05, 4.69) is 10.2 Å². The number of ether oxygens (including phenoxy) is 1. The number of hydrogen-bond donors (Lipinski definition) is 0. The molecule has 0 aliphatic heterocycles. The Hall–Kier alpha value is -2.33. The van der Waals surface area contributed by atoms with Crippen molar-refractivity contribution in [2.75, 3.05) is 13.1 Å². The third-order valence-corrected chi connectivity index (χ3v) is 5.45. The normalized spacial score (nSPS) is 11.7. The summed E-state index contributed by atoms with van der Waals surface area (Å²) in [5.41, 5.74) is -0.0941. The first-order chi connectivity index (χ1) is 11.8. The molecule has 1 aromatic carbocycles. The number of aryl methyl sites for hydroxylation is 1. The quantitative estimate of drug-likeness (QED) is 0.685. The van der Waals surface area contributed by atoms with Gasteiger partial charge in [0.25, 0.3) is 5.89 Å². The van der Waals surface area contributed by atoms with Crippen LogP contribution >= 0.6 is 0 Å². The first-order valence-corrected chi connectivity index (χ1v) is 8.99. The van der Waals surface area contributed by atoms with Gasteiger partial charge in [0.05, 0.1) is 5.56 Å². The predicted octanol–water partition coefficient (Wildman–Crippen LogP) is 1.90. The summed E-state index contributed by atoms with van der Waals surface area (Å²) in [5.74, 6) is -1.34. The fourth-order valence-electron chi connectivity index (χ4n) is 2.14. The minimum absolute atomic E-state index is 0.0941. The largest absolute Gasteiger partial charge is 0.452 e. The van der Waals surface area contributed by atoms with Gasteiger partial charge in [0.15, 0.2) is 6.61 Å². The summed E-state index contributed by atoms with van der Waals surface area (Å²) in [5, 5.41) is 7.26. The molecule has 0 fully saturated rings.